The number of fused-ring (bicyclic) bond motifs is 1. The Morgan fingerprint density at radius 2 is 1.94 bits per heavy atom. The van der Waals surface area contributed by atoms with Crippen LogP contribution in [0.3, 0.4) is 0 Å². The minimum atomic E-state index is -0.300. The lowest BCUT2D eigenvalue weighted by Crippen LogP contribution is -2.27. The minimum Gasteiger partial charge on any atom is -0.484 e. The lowest BCUT2D eigenvalue weighted by Gasteiger charge is -2.12. The van der Waals surface area contributed by atoms with Gasteiger partial charge < -0.3 is 18.9 Å². The normalized spacial score (nSPS) is 10.8. The van der Waals surface area contributed by atoms with Crippen LogP contribution in [-0.2, 0) is 16.1 Å². The van der Waals surface area contributed by atoms with Gasteiger partial charge in [0.1, 0.15) is 5.75 Å². The Hall–Kier alpha value is -3.39. The van der Waals surface area contributed by atoms with Crippen LogP contribution in [-0.4, -0.2) is 60.2 Å². The Morgan fingerprint density at radius 1 is 1.13 bits per heavy atom. The zero-order chi connectivity index (χ0) is 22.2. The van der Waals surface area contributed by atoms with Gasteiger partial charge in [0.15, 0.2) is 6.61 Å². The molecule has 0 spiro atoms. The number of anilines is 1. The van der Waals surface area contributed by atoms with Crippen LogP contribution in [0.1, 0.15) is 23.7 Å². The number of nitrogens with zero attached hydrogens (tertiary/aromatic N) is 3. The third-order valence-electron chi connectivity index (χ3n) is 4.71. The number of hydrogen-bond donors (Lipinski definition) is 1. The second-order valence-corrected chi connectivity index (χ2v) is 7.19. The van der Waals surface area contributed by atoms with Crippen molar-refractivity contribution in [1.82, 2.24) is 14.5 Å². The molecule has 0 radical (unpaired) electrons. The molecule has 164 valence electrons. The van der Waals surface area contributed by atoms with Gasteiger partial charge >= 0.3 is 0 Å². The Balaban J connectivity index is 1.75. The molecule has 8 nitrogen and oxygen atoms in total. The summed E-state index contributed by atoms with van der Waals surface area (Å²) in [6, 6.07) is 14.5. The van der Waals surface area contributed by atoms with Crippen molar-refractivity contribution in [3.63, 3.8) is 0 Å². The van der Waals surface area contributed by atoms with E-state index in [2.05, 4.69) is 10.3 Å². The van der Waals surface area contributed by atoms with Crippen molar-refractivity contribution in [2.75, 3.05) is 39.2 Å². The van der Waals surface area contributed by atoms with Crippen molar-refractivity contribution < 1.29 is 19.1 Å². The van der Waals surface area contributed by atoms with Crippen LogP contribution in [0.25, 0.3) is 11.0 Å². The largest absolute Gasteiger partial charge is 0.484 e. The van der Waals surface area contributed by atoms with Crippen LogP contribution < -0.4 is 10.1 Å². The first-order valence-electron chi connectivity index (χ1n) is 10.3. The number of nitrogens with one attached hydrogen (secondary N) is 1. The summed E-state index contributed by atoms with van der Waals surface area (Å²) < 4.78 is 12.9. The highest BCUT2D eigenvalue weighted by molar-refractivity contribution is 6.04. The number of aryl methyl sites for hydroxylation is 1. The highest BCUT2D eigenvalue weighted by Gasteiger charge is 2.15. The second kappa shape index (κ2) is 10.6. The van der Waals surface area contributed by atoms with E-state index in [9.17, 15) is 9.59 Å². The molecule has 3 aromatic rings. The maximum atomic E-state index is 12.9. The number of carbonyl (C=O) groups excluding carboxylic acids is 2. The van der Waals surface area contributed by atoms with E-state index < -0.39 is 0 Å². The second-order valence-electron chi connectivity index (χ2n) is 7.19. The third-order valence-corrected chi connectivity index (χ3v) is 4.71. The fourth-order valence-corrected chi connectivity index (χ4v) is 3.04. The van der Waals surface area contributed by atoms with Crippen LogP contribution in [0.5, 0.6) is 5.75 Å². The topological polar surface area (TPSA) is 85.7 Å². The van der Waals surface area contributed by atoms with Crippen LogP contribution >= 0.6 is 0 Å². The fraction of sp³-hybridized carbons (Fsp3) is 0.348. The van der Waals surface area contributed by atoms with Gasteiger partial charge in [0.25, 0.3) is 11.8 Å². The lowest BCUT2D eigenvalue weighted by molar-refractivity contribution is -0.130. The molecule has 2 aromatic carbocycles. The average molecular weight is 425 g/mol. The molecule has 0 aliphatic rings. The first-order chi connectivity index (χ1) is 15.0. The summed E-state index contributed by atoms with van der Waals surface area (Å²) in [7, 11) is 3.33. The predicted molar refractivity (Wildman–Crippen MR) is 119 cm³/mol. The highest BCUT2D eigenvalue weighted by atomic mass is 16.5. The van der Waals surface area contributed by atoms with Crippen molar-refractivity contribution in [1.29, 1.82) is 0 Å². The molecular weight excluding hydrogens is 396 g/mol. The van der Waals surface area contributed by atoms with Gasteiger partial charge in [-0.1, -0.05) is 18.2 Å². The van der Waals surface area contributed by atoms with Crippen molar-refractivity contribution in [3.8, 4) is 5.75 Å². The van der Waals surface area contributed by atoms with Crippen molar-refractivity contribution >= 4 is 28.8 Å². The van der Waals surface area contributed by atoms with Gasteiger partial charge in [-0.3, -0.25) is 14.9 Å². The number of ether oxygens (including phenoxy) is 2. The van der Waals surface area contributed by atoms with Gasteiger partial charge in [0, 0.05) is 39.4 Å². The molecule has 31 heavy (non-hydrogen) atoms. The standard InChI is InChI=1S/C23H28N4O4/c1-4-30-14-8-13-27-20-12-6-5-11-19(20)24-23(27)25-22(29)17-9-7-10-18(15-17)31-16-21(28)26(2)3/h5-7,9-12,15H,4,8,13-14,16H2,1-3H3,(H,24,25,29). The van der Waals surface area contributed by atoms with Gasteiger partial charge in [0.2, 0.25) is 5.95 Å². The van der Waals surface area contributed by atoms with E-state index in [-0.39, 0.29) is 18.4 Å². The highest BCUT2D eigenvalue weighted by Crippen LogP contribution is 2.21. The smallest absolute Gasteiger partial charge is 0.259 e. The minimum absolute atomic E-state index is 0.0896. The number of hydrogen-bond acceptors (Lipinski definition) is 5. The maximum absolute atomic E-state index is 12.9. The van der Waals surface area contributed by atoms with Gasteiger partial charge in [-0.05, 0) is 43.7 Å². The van der Waals surface area contributed by atoms with E-state index in [1.54, 1.807) is 38.4 Å². The Kier molecular flexibility index (Phi) is 7.61. The number of likely N-dealkylation sites (N-methyl/N-ethyl adjacent to an activating group) is 1. The van der Waals surface area contributed by atoms with Crippen molar-refractivity contribution in [3.05, 3.63) is 54.1 Å². The summed E-state index contributed by atoms with van der Waals surface area (Å²) in [5.41, 5.74) is 2.18. The number of carbonyl (C=O) groups is 2. The molecule has 0 fully saturated rings. The molecule has 1 aromatic heterocycles. The van der Waals surface area contributed by atoms with Gasteiger partial charge in [-0.25, -0.2) is 4.98 Å². The number of imidazole rings is 1. The van der Waals surface area contributed by atoms with E-state index in [4.69, 9.17) is 9.47 Å². The number of para-hydroxylation sites is 2. The summed E-state index contributed by atoms with van der Waals surface area (Å²) in [4.78, 5) is 30.7. The molecule has 0 saturated carbocycles. The molecule has 3 rings (SSSR count). The third kappa shape index (κ3) is 5.82. The summed E-state index contributed by atoms with van der Waals surface area (Å²) in [6.07, 6.45) is 0.806. The molecule has 0 aliphatic carbocycles. The summed E-state index contributed by atoms with van der Waals surface area (Å²) in [6.45, 7) is 3.86. The molecule has 0 bridgehead atoms. The van der Waals surface area contributed by atoms with Crippen LogP contribution in [0.15, 0.2) is 48.5 Å². The van der Waals surface area contributed by atoms with E-state index in [0.717, 1.165) is 17.5 Å². The zero-order valence-corrected chi connectivity index (χ0v) is 18.1. The van der Waals surface area contributed by atoms with Crippen LogP contribution in [0.2, 0.25) is 0 Å². The van der Waals surface area contributed by atoms with Gasteiger partial charge in [-0.2, -0.15) is 0 Å². The molecule has 0 unspecified atom stereocenters. The predicted octanol–water partition coefficient (Wildman–Crippen LogP) is 3.18. The number of benzene rings is 2. The number of amides is 2. The summed E-state index contributed by atoms with van der Waals surface area (Å²) >= 11 is 0. The van der Waals surface area contributed by atoms with Crippen LogP contribution in [0.4, 0.5) is 5.95 Å². The molecule has 0 atom stereocenters. The van der Waals surface area contributed by atoms with E-state index >= 15 is 0 Å². The SMILES string of the molecule is CCOCCCn1c(NC(=O)c2cccc(OCC(=O)N(C)C)c2)nc2ccccc21. The van der Waals surface area contributed by atoms with Crippen molar-refractivity contribution in [2.24, 2.45) is 0 Å². The maximum Gasteiger partial charge on any atom is 0.259 e. The number of rotatable bonds is 10. The van der Waals surface area contributed by atoms with E-state index in [0.29, 0.717) is 37.0 Å². The van der Waals surface area contributed by atoms with Gasteiger partial charge in [0.05, 0.1) is 11.0 Å². The van der Waals surface area contributed by atoms with Gasteiger partial charge in [-0.15, -0.1) is 0 Å². The van der Waals surface area contributed by atoms with E-state index in [1.807, 2.05) is 35.8 Å². The quantitative estimate of drug-likeness (QED) is 0.505. The molecular formula is C23H28N4O4. The molecule has 0 aliphatic heterocycles. The lowest BCUT2D eigenvalue weighted by atomic mass is 10.2. The Labute approximate surface area is 181 Å². The molecule has 1 heterocycles. The Morgan fingerprint density at radius 3 is 2.71 bits per heavy atom. The van der Waals surface area contributed by atoms with Crippen molar-refractivity contribution in [2.45, 2.75) is 19.9 Å². The zero-order valence-electron chi connectivity index (χ0n) is 18.1. The molecule has 2 amide bonds. The average Bonchev–Trinajstić information content (AvgIpc) is 3.12. The van der Waals surface area contributed by atoms with E-state index in [1.165, 1.54) is 4.90 Å². The number of aromatic nitrogens is 2. The summed E-state index contributed by atoms with van der Waals surface area (Å²) in [5, 5.41) is 2.91. The molecule has 8 heteroatoms. The molecule has 1 N–H and O–H groups in total. The molecule has 0 saturated heterocycles. The van der Waals surface area contributed by atoms with Crippen LogP contribution in [0, 0.1) is 0 Å². The first kappa shape index (κ1) is 22.3. The fourth-order valence-electron chi connectivity index (χ4n) is 3.04. The first-order valence-corrected chi connectivity index (χ1v) is 10.3. The monoisotopic (exact) mass is 424 g/mol. The summed E-state index contributed by atoms with van der Waals surface area (Å²) in [5.74, 6) is 0.478. The Bertz CT molecular complexity index is 1040.